The second-order valence-corrected chi connectivity index (χ2v) is 5.29. The molecule has 0 radical (unpaired) electrons. The van der Waals surface area contributed by atoms with E-state index in [0.717, 1.165) is 5.56 Å². The van der Waals surface area contributed by atoms with E-state index < -0.39 is 12.1 Å². The van der Waals surface area contributed by atoms with E-state index in [1.165, 1.54) is 12.1 Å². The van der Waals surface area contributed by atoms with E-state index >= 15 is 0 Å². The zero-order valence-electron chi connectivity index (χ0n) is 12.3. The molecule has 0 saturated carbocycles. The molecule has 25 heavy (non-hydrogen) atoms. The first-order valence-electron chi connectivity index (χ1n) is 6.49. The predicted octanol–water partition coefficient (Wildman–Crippen LogP) is 4.58. The topological polar surface area (TPSA) is 92.8 Å². The summed E-state index contributed by atoms with van der Waals surface area (Å²) in [6, 6.07) is 9.72. The van der Waals surface area contributed by atoms with Crippen molar-refractivity contribution in [3.63, 3.8) is 0 Å². The molecule has 5 nitrogen and oxygen atoms in total. The predicted molar refractivity (Wildman–Crippen MR) is 86.2 cm³/mol. The number of ether oxygens (including phenoxy) is 1. The number of hydrogen-bond donors (Lipinski definition) is 3. The standard InChI is InChI=1S/C13H11Cl2NO2.C2HF3O2/c14-11-6-10(3-1-8(11)7-16)18-13-4-2-9(17)5-12(13)15;3-2(4,5)1(6)7/h1-6,17H,7,16H2;(H,6,7). The van der Waals surface area contributed by atoms with Crippen LogP contribution in [0.4, 0.5) is 13.2 Å². The summed E-state index contributed by atoms with van der Waals surface area (Å²) in [4.78, 5) is 8.90. The number of carbonyl (C=O) groups is 1. The maximum absolute atomic E-state index is 10.6. The van der Waals surface area contributed by atoms with Gasteiger partial charge in [0.1, 0.15) is 17.2 Å². The Morgan fingerprint density at radius 2 is 1.72 bits per heavy atom. The van der Waals surface area contributed by atoms with Crippen LogP contribution in [0.1, 0.15) is 5.56 Å². The van der Waals surface area contributed by atoms with Gasteiger partial charge in [-0.1, -0.05) is 29.3 Å². The van der Waals surface area contributed by atoms with Gasteiger partial charge in [0, 0.05) is 17.6 Å². The summed E-state index contributed by atoms with van der Waals surface area (Å²) in [6.07, 6.45) is -5.08. The van der Waals surface area contributed by atoms with Crippen LogP contribution >= 0.6 is 23.2 Å². The molecule has 0 fully saturated rings. The normalized spacial score (nSPS) is 10.6. The molecule has 0 amide bonds. The quantitative estimate of drug-likeness (QED) is 0.704. The molecule has 10 heteroatoms. The lowest BCUT2D eigenvalue weighted by Gasteiger charge is -2.09. The highest BCUT2D eigenvalue weighted by molar-refractivity contribution is 6.32. The average molecular weight is 398 g/mol. The summed E-state index contributed by atoms with van der Waals surface area (Å²) >= 11 is 12.0. The molecule has 4 N–H and O–H groups in total. The maximum atomic E-state index is 10.6. The number of phenolic OH excluding ortho intramolecular Hbond substituents is 1. The Hall–Kier alpha value is -2.16. The van der Waals surface area contributed by atoms with Gasteiger partial charge in [0.05, 0.1) is 5.02 Å². The summed E-state index contributed by atoms with van der Waals surface area (Å²) in [7, 11) is 0. The Morgan fingerprint density at radius 1 is 1.12 bits per heavy atom. The first-order valence-corrected chi connectivity index (χ1v) is 7.25. The highest BCUT2D eigenvalue weighted by Gasteiger charge is 2.38. The van der Waals surface area contributed by atoms with Crippen molar-refractivity contribution in [3.05, 3.63) is 52.0 Å². The molecule has 0 bridgehead atoms. The van der Waals surface area contributed by atoms with Crippen molar-refractivity contribution >= 4 is 29.2 Å². The zero-order chi connectivity index (χ0) is 19.2. The van der Waals surface area contributed by atoms with Gasteiger partial charge in [0.15, 0.2) is 0 Å². The lowest BCUT2D eigenvalue weighted by atomic mass is 10.2. The molecule has 0 aliphatic heterocycles. The number of nitrogens with two attached hydrogens (primary N) is 1. The smallest absolute Gasteiger partial charge is 0.490 e. The fraction of sp³-hybridized carbons (Fsp3) is 0.133. The third kappa shape index (κ3) is 6.69. The number of carboxylic acid groups (broad SMARTS) is 1. The van der Waals surface area contributed by atoms with Crippen molar-refractivity contribution in [2.75, 3.05) is 0 Å². The highest BCUT2D eigenvalue weighted by Crippen LogP contribution is 2.33. The number of hydrogen-bond acceptors (Lipinski definition) is 4. The van der Waals surface area contributed by atoms with E-state index in [4.69, 9.17) is 43.6 Å². The zero-order valence-corrected chi connectivity index (χ0v) is 13.9. The highest BCUT2D eigenvalue weighted by atomic mass is 35.5. The first kappa shape index (κ1) is 20.9. The molecule has 2 aromatic rings. The molecule has 0 aliphatic rings. The third-order valence-electron chi connectivity index (χ3n) is 2.63. The van der Waals surface area contributed by atoms with Crippen LogP contribution in [0.3, 0.4) is 0 Å². The molecule has 0 atom stereocenters. The SMILES string of the molecule is NCc1ccc(Oc2ccc(O)cc2Cl)cc1Cl.O=C(O)C(F)(F)F. The van der Waals surface area contributed by atoms with Crippen molar-refractivity contribution in [2.45, 2.75) is 12.7 Å². The molecule has 0 aromatic heterocycles. The van der Waals surface area contributed by atoms with E-state index in [1.807, 2.05) is 0 Å². The number of aromatic hydroxyl groups is 1. The monoisotopic (exact) mass is 397 g/mol. The van der Waals surface area contributed by atoms with Gasteiger partial charge in [-0.3, -0.25) is 0 Å². The molecule has 0 aliphatic carbocycles. The number of rotatable bonds is 3. The van der Waals surface area contributed by atoms with E-state index in [9.17, 15) is 18.3 Å². The van der Waals surface area contributed by atoms with Gasteiger partial charge in [-0.25, -0.2) is 4.79 Å². The Kier molecular flexibility index (Phi) is 7.35. The molecule has 2 rings (SSSR count). The maximum Gasteiger partial charge on any atom is 0.490 e. The minimum atomic E-state index is -5.08. The van der Waals surface area contributed by atoms with Crippen LogP contribution in [0.25, 0.3) is 0 Å². The van der Waals surface area contributed by atoms with Gasteiger partial charge < -0.3 is 20.7 Å². The van der Waals surface area contributed by atoms with E-state index in [2.05, 4.69) is 0 Å². The van der Waals surface area contributed by atoms with E-state index in [1.54, 1.807) is 24.3 Å². The molecule has 0 unspecified atom stereocenters. The van der Waals surface area contributed by atoms with Gasteiger partial charge >= 0.3 is 12.1 Å². The second-order valence-electron chi connectivity index (χ2n) is 4.48. The third-order valence-corrected chi connectivity index (χ3v) is 3.28. The fourth-order valence-electron chi connectivity index (χ4n) is 1.46. The van der Waals surface area contributed by atoms with Gasteiger partial charge in [0.25, 0.3) is 0 Å². The van der Waals surface area contributed by atoms with Crippen molar-refractivity contribution in [1.29, 1.82) is 0 Å². The summed E-state index contributed by atoms with van der Waals surface area (Å²) < 4.78 is 37.3. The molecular weight excluding hydrogens is 386 g/mol. The Labute approximate surface area is 150 Å². The number of aliphatic carboxylic acids is 1. The number of alkyl halides is 3. The molecule has 2 aromatic carbocycles. The van der Waals surface area contributed by atoms with E-state index in [0.29, 0.717) is 28.1 Å². The van der Waals surface area contributed by atoms with Gasteiger partial charge in [0.2, 0.25) is 0 Å². The van der Waals surface area contributed by atoms with E-state index in [-0.39, 0.29) is 5.75 Å². The number of benzene rings is 2. The molecule has 0 spiro atoms. The number of carboxylic acids is 1. The number of halogens is 5. The lowest BCUT2D eigenvalue weighted by Crippen LogP contribution is -2.21. The van der Waals surface area contributed by atoms with Crippen LogP contribution in [0, 0.1) is 0 Å². The van der Waals surface area contributed by atoms with Crippen LogP contribution in [0.2, 0.25) is 10.0 Å². The minimum absolute atomic E-state index is 0.0869. The fourth-order valence-corrected chi connectivity index (χ4v) is 1.92. The van der Waals surface area contributed by atoms with Gasteiger partial charge in [-0.2, -0.15) is 13.2 Å². The Morgan fingerprint density at radius 3 is 2.16 bits per heavy atom. The average Bonchev–Trinajstić information content (AvgIpc) is 2.50. The van der Waals surface area contributed by atoms with Crippen molar-refractivity contribution < 1.29 is 32.9 Å². The van der Waals surface area contributed by atoms with Crippen molar-refractivity contribution in [3.8, 4) is 17.2 Å². The largest absolute Gasteiger partial charge is 0.508 e. The van der Waals surface area contributed by atoms with Crippen LogP contribution in [0.5, 0.6) is 17.2 Å². The van der Waals surface area contributed by atoms with Gasteiger partial charge in [-0.05, 0) is 29.8 Å². The van der Waals surface area contributed by atoms with Crippen LogP contribution < -0.4 is 10.5 Å². The summed E-state index contributed by atoms with van der Waals surface area (Å²) in [5, 5.41) is 17.2. The molecular formula is C15H12Cl2F3NO4. The van der Waals surface area contributed by atoms with Crippen molar-refractivity contribution in [2.24, 2.45) is 5.73 Å². The lowest BCUT2D eigenvalue weighted by molar-refractivity contribution is -0.192. The molecule has 136 valence electrons. The second kappa shape index (κ2) is 8.80. The Bertz CT molecular complexity index is 754. The van der Waals surface area contributed by atoms with Crippen LogP contribution in [-0.4, -0.2) is 22.4 Å². The first-order chi connectivity index (χ1) is 11.5. The van der Waals surface area contributed by atoms with Crippen LogP contribution in [0.15, 0.2) is 36.4 Å². The van der Waals surface area contributed by atoms with Crippen molar-refractivity contribution in [1.82, 2.24) is 0 Å². The minimum Gasteiger partial charge on any atom is -0.508 e. The summed E-state index contributed by atoms with van der Waals surface area (Å²) in [6.45, 7) is 0.374. The molecule has 0 saturated heterocycles. The number of phenols is 1. The Balaban J connectivity index is 0.000000381. The summed E-state index contributed by atoms with van der Waals surface area (Å²) in [5.74, 6) is -1.66. The van der Waals surface area contributed by atoms with Crippen LogP contribution in [-0.2, 0) is 11.3 Å². The van der Waals surface area contributed by atoms with Gasteiger partial charge in [-0.15, -0.1) is 0 Å². The summed E-state index contributed by atoms with van der Waals surface area (Å²) in [5.41, 5.74) is 6.37. The molecule has 0 heterocycles.